The van der Waals surface area contributed by atoms with E-state index in [2.05, 4.69) is 21.2 Å². The summed E-state index contributed by atoms with van der Waals surface area (Å²) in [5, 5.41) is 3.09. The lowest BCUT2D eigenvalue weighted by Gasteiger charge is -2.34. The van der Waals surface area contributed by atoms with Gasteiger partial charge in [0.25, 0.3) is 0 Å². The summed E-state index contributed by atoms with van der Waals surface area (Å²) < 4.78 is 0.939. The van der Waals surface area contributed by atoms with E-state index in [4.69, 9.17) is 0 Å². The van der Waals surface area contributed by atoms with Crippen LogP contribution >= 0.6 is 15.9 Å². The lowest BCUT2D eigenvalue weighted by molar-refractivity contribution is -0.141. The predicted octanol–water partition coefficient (Wildman–Crippen LogP) is 5.55. The van der Waals surface area contributed by atoms with Crippen LogP contribution in [-0.4, -0.2) is 28.3 Å². The molecule has 0 heterocycles. The SMILES string of the molecule is CC(C)(C)NC(=O)[C@@H](Cc1ccccc1)N(Cc1cccc(Br)c1)C(=O)Cc1ccccc1. The fourth-order valence-corrected chi connectivity index (χ4v) is 4.16. The molecule has 3 aromatic rings. The van der Waals surface area contributed by atoms with Crippen LogP contribution < -0.4 is 5.32 Å². The number of nitrogens with one attached hydrogen (secondary N) is 1. The Morgan fingerprint density at radius 2 is 1.42 bits per heavy atom. The molecule has 0 aromatic heterocycles. The van der Waals surface area contributed by atoms with E-state index in [0.29, 0.717) is 13.0 Å². The van der Waals surface area contributed by atoms with Gasteiger partial charge in [-0.1, -0.05) is 88.7 Å². The second-order valence-electron chi connectivity index (χ2n) is 9.26. The number of carbonyl (C=O) groups is 2. The molecule has 172 valence electrons. The Bertz CT molecular complexity index is 1060. The summed E-state index contributed by atoms with van der Waals surface area (Å²) in [5.74, 6) is -0.228. The Balaban J connectivity index is 1.98. The maximum atomic E-state index is 13.6. The number of hydrogen-bond acceptors (Lipinski definition) is 2. The summed E-state index contributed by atoms with van der Waals surface area (Å²) in [6.45, 7) is 6.21. The van der Waals surface area contributed by atoms with Gasteiger partial charge in [0.05, 0.1) is 6.42 Å². The number of carbonyl (C=O) groups excluding carboxylic acids is 2. The minimum atomic E-state index is -0.637. The molecule has 33 heavy (non-hydrogen) atoms. The monoisotopic (exact) mass is 506 g/mol. The van der Waals surface area contributed by atoms with Crippen molar-refractivity contribution in [1.82, 2.24) is 10.2 Å². The molecule has 1 atom stereocenters. The smallest absolute Gasteiger partial charge is 0.243 e. The number of benzene rings is 3. The van der Waals surface area contributed by atoms with E-state index >= 15 is 0 Å². The van der Waals surface area contributed by atoms with Gasteiger partial charge in [-0.05, 0) is 49.6 Å². The quantitative estimate of drug-likeness (QED) is 0.435. The average Bonchev–Trinajstić information content (AvgIpc) is 2.76. The van der Waals surface area contributed by atoms with Crippen LogP contribution in [0.4, 0.5) is 0 Å². The van der Waals surface area contributed by atoms with E-state index in [0.717, 1.165) is 21.2 Å². The zero-order chi connectivity index (χ0) is 23.8. The molecule has 0 spiro atoms. The first-order chi connectivity index (χ1) is 15.7. The largest absolute Gasteiger partial charge is 0.350 e. The van der Waals surface area contributed by atoms with Crippen molar-refractivity contribution in [3.63, 3.8) is 0 Å². The van der Waals surface area contributed by atoms with Gasteiger partial charge in [0.15, 0.2) is 0 Å². The maximum absolute atomic E-state index is 13.6. The highest BCUT2D eigenvalue weighted by atomic mass is 79.9. The molecule has 0 radical (unpaired) electrons. The van der Waals surface area contributed by atoms with Gasteiger partial charge in [0.1, 0.15) is 6.04 Å². The van der Waals surface area contributed by atoms with Crippen molar-refractivity contribution >= 4 is 27.7 Å². The first-order valence-corrected chi connectivity index (χ1v) is 11.9. The minimum absolute atomic E-state index is 0.0776. The molecule has 0 saturated heterocycles. The van der Waals surface area contributed by atoms with Gasteiger partial charge < -0.3 is 10.2 Å². The van der Waals surface area contributed by atoms with Crippen molar-refractivity contribution in [1.29, 1.82) is 0 Å². The molecular weight excluding hydrogens is 476 g/mol. The number of halogens is 1. The van der Waals surface area contributed by atoms with Crippen LogP contribution in [0.3, 0.4) is 0 Å². The van der Waals surface area contributed by atoms with E-state index < -0.39 is 11.6 Å². The third-order valence-electron chi connectivity index (χ3n) is 5.21. The number of nitrogens with zero attached hydrogens (tertiary/aromatic N) is 1. The Morgan fingerprint density at radius 3 is 2.00 bits per heavy atom. The van der Waals surface area contributed by atoms with Crippen molar-refractivity contribution in [2.24, 2.45) is 0 Å². The molecule has 0 bridgehead atoms. The Morgan fingerprint density at radius 1 is 0.848 bits per heavy atom. The fraction of sp³-hybridized carbons (Fsp3) is 0.286. The molecule has 0 aliphatic carbocycles. The van der Waals surface area contributed by atoms with Crippen molar-refractivity contribution in [3.8, 4) is 0 Å². The predicted molar refractivity (Wildman–Crippen MR) is 137 cm³/mol. The van der Waals surface area contributed by atoms with E-state index in [1.165, 1.54) is 0 Å². The molecule has 0 saturated carbocycles. The average molecular weight is 507 g/mol. The first-order valence-electron chi connectivity index (χ1n) is 11.1. The first kappa shape index (κ1) is 24.7. The molecule has 0 fully saturated rings. The Labute approximate surface area is 205 Å². The van der Waals surface area contributed by atoms with Crippen LogP contribution in [0.15, 0.2) is 89.4 Å². The lowest BCUT2D eigenvalue weighted by Crippen LogP contribution is -2.54. The fourth-order valence-electron chi connectivity index (χ4n) is 3.71. The van der Waals surface area contributed by atoms with Crippen LogP contribution in [0, 0.1) is 0 Å². The molecule has 0 unspecified atom stereocenters. The van der Waals surface area contributed by atoms with Crippen molar-refractivity contribution in [3.05, 3.63) is 106 Å². The van der Waals surface area contributed by atoms with E-state index in [9.17, 15) is 9.59 Å². The van der Waals surface area contributed by atoms with Crippen LogP contribution in [0.5, 0.6) is 0 Å². The minimum Gasteiger partial charge on any atom is -0.350 e. The normalized spacial score (nSPS) is 12.1. The van der Waals surface area contributed by atoms with Crippen molar-refractivity contribution < 1.29 is 9.59 Å². The van der Waals surface area contributed by atoms with Gasteiger partial charge in [0.2, 0.25) is 11.8 Å². The number of hydrogen-bond donors (Lipinski definition) is 1. The highest BCUT2D eigenvalue weighted by Crippen LogP contribution is 2.19. The van der Waals surface area contributed by atoms with Crippen molar-refractivity contribution in [2.45, 2.75) is 51.7 Å². The van der Waals surface area contributed by atoms with Gasteiger partial charge in [0, 0.05) is 23.0 Å². The highest BCUT2D eigenvalue weighted by molar-refractivity contribution is 9.10. The zero-order valence-electron chi connectivity index (χ0n) is 19.4. The molecule has 1 N–H and O–H groups in total. The van der Waals surface area contributed by atoms with E-state index in [-0.39, 0.29) is 18.2 Å². The van der Waals surface area contributed by atoms with Gasteiger partial charge in [-0.2, -0.15) is 0 Å². The second kappa shape index (κ2) is 11.3. The standard InChI is InChI=1S/C28H31BrN2O2/c1-28(2,3)30-27(33)25(18-21-11-6-4-7-12-21)31(20-23-15-10-16-24(29)17-23)26(32)19-22-13-8-5-9-14-22/h4-17,25H,18-20H2,1-3H3,(H,30,33)/t25-/m1/s1. The molecule has 3 rings (SSSR count). The molecular formula is C28H31BrN2O2. The molecule has 2 amide bonds. The zero-order valence-corrected chi connectivity index (χ0v) is 21.0. The summed E-state index contributed by atoms with van der Waals surface area (Å²) in [7, 11) is 0. The van der Waals surface area contributed by atoms with Crippen LogP contribution in [0.25, 0.3) is 0 Å². The molecule has 5 heteroatoms. The van der Waals surface area contributed by atoms with Crippen LogP contribution in [0.1, 0.15) is 37.5 Å². The van der Waals surface area contributed by atoms with E-state index in [1.807, 2.05) is 106 Å². The van der Waals surface area contributed by atoms with Gasteiger partial charge in [-0.25, -0.2) is 0 Å². The summed E-state index contributed by atoms with van der Waals surface area (Å²) in [5.41, 5.74) is 2.50. The molecule has 4 nitrogen and oxygen atoms in total. The number of rotatable bonds is 8. The van der Waals surface area contributed by atoms with Gasteiger partial charge in [-0.3, -0.25) is 9.59 Å². The second-order valence-corrected chi connectivity index (χ2v) is 10.2. The summed E-state index contributed by atoms with van der Waals surface area (Å²) in [4.78, 5) is 28.9. The van der Waals surface area contributed by atoms with Crippen LogP contribution in [-0.2, 0) is 29.0 Å². The lowest BCUT2D eigenvalue weighted by atomic mass is 10.00. The topological polar surface area (TPSA) is 49.4 Å². The summed E-state index contributed by atoms with van der Waals surface area (Å²) in [6.07, 6.45) is 0.681. The highest BCUT2D eigenvalue weighted by Gasteiger charge is 2.32. The van der Waals surface area contributed by atoms with E-state index in [1.54, 1.807) is 4.90 Å². The Kier molecular flexibility index (Phi) is 8.45. The van der Waals surface area contributed by atoms with Crippen molar-refractivity contribution in [2.75, 3.05) is 0 Å². The summed E-state index contributed by atoms with van der Waals surface area (Å²) >= 11 is 3.52. The van der Waals surface area contributed by atoms with Gasteiger partial charge >= 0.3 is 0 Å². The Hall–Kier alpha value is -2.92. The molecule has 0 aliphatic rings. The third kappa shape index (κ3) is 7.86. The summed E-state index contributed by atoms with van der Waals surface area (Å²) in [6, 6.07) is 26.8. The third-order valence-corrected chi connectivity index (χ3v) is 5.70. The van der Waals surface area contributed by atoms with Gasteiger partial charge in [-0.15, -0.1) is 0 Å². The molecule has 3 aromatic carbocycles. The van der Waals surface area contributed by atoms with Crippen LogP contribution in [0.2, 0.25) is 0 Å². The number of amides is 2. The maximum Gasteiger partial charge on any atom is 0.243 e. The molecule has 0 aliphatic heterocycles.